The van der Waals surface area contributed by atoms with Crippen molar-refractivity contribution in [1.82, 2.24) is 19.4 Å². The summed E-state index contributed by atoms with van der Waals surface area (Å²) >= 11 is 0. The zero-order valence-electron chi connectivity index (χ0n) is 13.4. The summed E-state index contributed by atoms with van der Waals surface area (Å²) in [6.45, 7) is 6.42. The van der Waals surface area contributed by atoms with E-state index in [2.05, 4.69) is 28.7 Å². The normalized spacial score (nSPS) is 19.9. The van der Waals surface area contributed by atoms with Gasteiger partial charge < -0.3 is 0 Å². The number of fused-ring (bicyclic) bond motifs is 1. The number of piperidine rings is 1. The molecule has 22 heavy (non-hydrogen) atoms. The second-order valence-corrected chi connectivity index (χ2v) is 6.41. The molecule has 2 aromatic heterocycles. The summed E-state index contributed by atoms with van der Waals surface area (Å²) < 4.78 is 1.73. The lowest BCUT2D eigenvalue weighted by molar-refractivity contribution is 0.102. The molecule has 0 amide bonds. The van der Waals surface area contributed by atoms with E-state index < -0.39 is 0 Å². The predicted molar refractivity (Wildman–Crippen MR) is 87.9 cm³/mol. The molecule has 118 valence electrons. The van der Waals surface area contributed by atoms with E-state index >= 15 is 0 Å². The van der Waals surface area contributed by atoms with Gasteiger partial charge in [0.25, 0.3) is 5.56 Å². The monoisotopic (exact) mass is 300 g/mol. The lowest BCUT2D eigenvalue weighted by Crippen LogP contribution is -2.44. The maximum absolute atomic E-state index is 12.5. The van der Waals surface area contributed by atoms with Crippen LogP contribution in [0.4, 0.5) is 0 Å². The molecule has 3 heterocycles. The van der Waals surface area contributed by atoms with Crippen LogP contribution in [-0.2, 0) is 6.54 Å². The number of aryl methyl sites for hydroxylation is 1. The maximum atomic E-state index is 12.5. The molecule has 1 atom stereocenters. The van der Waals surface area contributed by atoms with Crippen molar-refractivity contribution in [2.45, 2.75) is 58.2 Å². The smallest absolute Gasteiger partial charge is 0.262 e. The number of hydrogen-bond acceptors (Lipinski definition) is 4. The quantitative estimate of drug-likeness (QED) is 0.870. The van der Waals surface area contributed by atoms with Crippen molar-refractivity contribution in [2.24, 2.45) is 0 Å². The minimum absolute atomic E-state index is 0.0185. The number of aromatic nitrogens is 3. The first-order chi connectivity index (χ1) is 10.7. The third kappa shape index (κ3) is 3.04. The van der Waals surface area contributed by atoms with Gasteiger partial charge in [0.2, 0.25) is 0 Å². The van der Waals surface area contributed by atoms with Crippen LogP contribution >= 0.6 is 0 Å². The SMILES string of the molecule is CC(C)N1CCCCC1CCn1cnc2ccncc2c1=O. The van der Waals surface area contributed by atoms with E-state index in [0.29, 0.717) is 17.5 Å². The standard InChI is InChI=1S/C17H24N4O/c1-13(2)21-9-4-3-5-14(21)7-10-20-12-19-16-6-8-18-11-15(16)17(20)22/h6,8,11-14H,3-5,7,9-10H2,1-2H3. The lowest BCUT2D eigenvalue weighted by atomic mass is 9.98. The number of likely N-dealkylation sites (tertiary alicyclic amines) is 1. The molecule has 5 nitrogen and oxygen atoms in total. The highest BCUT2D eigenvalue weighted by atomic mass is 16.1. The highest BCUT2D eigenvalue weighted by molar-refractivity contribution is 5.75. The van der Waals surface area contributed by atoms with E-state index in [9.17, 15) is 4.79 Å². The van der Waals surface area contributed by atoms with Crippen LogP contribution in [0.3, 0.4) is 0 Å². The number of rotatable bonds is 4. The van der Waals surface area contributed by atoms with Crippen molar-refractivity contribution in [3.63, 3.8) is 0 Å². The minimum atomic E-state index is 0.0185. The molecule has 0 N–H and O–H groups in total. The summed E-state index contributed by atoms with van der Waals surface area (Å²) in [5.74, 6) is 0. The summed E-state index contributed by atoms with van der Waals surface area (Å²) in [5.41, 5.74) is 0.739. The highest BCUT2D eigenvalue weighted by Gasteiger charge is 2.24. The van der Waals surface area contributed by atoms with Crippen molar-refractivity contribution < 1.29 is 0 Å². The molecule has 0 radical (unpaired) electrons. The predicted octanol–water partition coefficient (Wildman–Crippen LogP) is 2.44. The molecule has 3 rings (SSSR count). The van der Waals surface area contributed by atoms with Crippen LogP contribution in [0.1, 0.15) is 39.5 Å². The fraction of sp³-hybridized carbons (Fsp3) is 0.588. The van der Waals surface area contributed by atoms with Crippen molar-refractivity contribution >= 4 is 10.9 Å². The molecule has 5 heteroatoms. The Bertz CT molecular complexity index is 694. The molecule has 0 aliphatic carbocycles. The first-order valence-electron chi connectivity index (χ1n) is 8.21. The Kier molecular flexibility index (Phi) is 4.52. The van der Waals surface area contributed by atoms with Gasteiger partial charge in [0.05, 0.1) is 17.2 Å². The first-order valence-corrected chi connectivity index (χ1v) is 8.21. The van der Waals surface area contributed by atoms with E-state index in [1.54, 1.807) is 29.4 Å². The summed E-state index contributed by atoms with van der Waals surface area (Å²) in [4.78, 5) is 23.5. The van der Waals surface area contributed by atoms with Gasteiger partial charge in [0, 0.05) is 31.0 Å². The molecule has 1 aliphatic rings. The Morgan fingerprint density at radius 1 is 1.36 bits per heavy atom. The van der Waals surface area contributed by atoms with Gasteiger partial charge in [0.15, 0.2) is 0 Å². The van der Waals surface area contributed by atoms with Crippen molar-refractivity contribution in [3.05, 3.63) is 35.1 Å². The van der Waals surface area contributed by atoms with Gasteiger partial charge in [-0.1, -0.05) is 6.42 Å². The van der Waals surface area contributed by atoms with Gasteiger partial charge in [-0.2, -0.15) is 0 Å². The van der Waals surface area contributed by atoms with Gasteiger partial charge in [-0.25, -0.2) is 4.98 Å². The Labute approximate surface area is 131 Å². The molecule has 0 saturated carbocycles. The third-order valence-electron chi connectivity index (χ3n) is 4.66. The topological polar surface area (TPSA) is 51.0 Å². The average molecular weight is 300 g/mol. The Morgan fingerprint density at radius 3 is 3.05 bits per heavy atom. The Hall–Kier alpha value is -1.75. The molecular formula is C17H24N4O. The van der Waals surface area contributed by atoms with Gasteiger partial charge in [-0.3, -0.25) is 19.2 Å². The van der Waals surface area contributed by atoms with Crippen LogP contribution in [0.2, 0.25) is 0 Å². The molecule has 0 spiro atoms. The lowest BCUT2D eigenvalue weighted by Gasteiger charge is -2.38. The summed E-state index contributed by atoms with van der Waals surface area (Å²) in [5, 5.41) is 0.606. The van der Waals surface area contributed by atoms with Crippen LogP contribution in [0, 0.1) is 0 Å². The van der Waals surface area contributed by atoms with Gasteiger partial charge in [0.1, 0.15) is 0 Å². The zero-order valence-corrected chi connectivity index (χ0v) is 13.4. The molecular weight excluding hydrogens is 276 g/mol. The fourth-order valence-corrected chi connectivity index (χ4v) is 3.46. The molecule has 2 aromatic rings. The molecule has 0 aromatic carbocycles. The van der Waals surface area contributed by atoms with Crippen LogP contribution in [0.25, 0.3) is 10.9 Å². The second kappa shape index (κ2) is 6.57. The van der Waals surface area contributed by atoms with Crippen molar-refractivity contribution in [2.75, 3.05) is 6.54 Å². The van der Waals surface area contributed by atoms with Crippen molar-refractivity contribution in [1.29, 1.82) is 0 Å². The molecule has 1 saturated heterocycles. The zero-order chi connectivity index (χ0) is 15.5. The highest BCUT2D eigenvalue weighted by Crippen LogP contribution is 2.22. The van der Waals surface area contributed by atoms with Crippen LogP contribution in [0.15, 0.2) is 29.6 Å². The van der Waals surface area contributed by atoms with Crippen molar-refractivity contribution in [3.8, 4) is 0 Å². The Morgan fingerprint density at radius 2 is 2.23 bits per heavy atom. The molecule has 1 fully saturated rings. The maximum Gasteiger partial charge on any atom is 0.262 e. The molecule has 0 bridgehead atoms. The summed E-state index contributed by atoms with van der Waals surface area (Å²) in [7, 11) is 0. The minimum Gasteiger partial charge on any atom is -0.299 e. The van der Waals surface area contributed by atoms with Crippen LogP contribution in [-0.4, -0.2) is 38.1 Å². The van der Waals surface area contributed by atoms with Gasteiger partial charge in [-0.05, 0) is 45.7 Å². The molecule has 1 aliphatic heterocycles. The van der Waals surface area contributed by atoms with Gasteiger partial charge >= 0.3 is 0 Å². The van der Waals surface area contributed by atoms with E-state index in [4.69, 9.17) is 0 Å². The average Bonchev–Trinajstić information content (AvgIpc) is 2.55. The van der Waals surface area contributed by atoms with Crippen LogP contribution < -0.4 is 5.56 Å². The summed E-state index contributed by atoms with van der Waals surface area (Å²) in [6.07, 6.45) is 9.78. The largest absolute Gasteiger partial charge is 0.299 e. The third-order valence-corrected chi connectivity index (χ3v) is 4.66. The van der Waals surface area contributed by atoms with E-state index in [0.717, 1.165) is 18.5 Å². The number of pyridine rings is 1. The van der Waals surface area contributed by atoms with E-state index in [1.165, 1.54) is 25.8 Å². The number of hydrogen-bond donors (Lipinski definition) is 0. The molecule has 1 unspecified atom stereocenters. The fourth-order valence-electron chi connectivity index (χ4n) is 3.46. The van der Waals surface area contributed by atoms with Gasteiger partial charge in [-0.15, -0.1) is 0 Å². The van der Waals surface area contributed by atoms with E-state index in [-0.39, 0.29) is 5.56 Å². The summed E-state index contributed by atoms with van der Waals surface area (Å²) in [6, 6.07) is 2.93. The van der Waals surface area contributed by atoms with Crippen LogP contribution in [0.5, 0.6) is 0 Å². The van der Waals surface area contributed by atoms with E-state index in [1.807, 2.05) is 0 Å². The second-order valence-electron chi connectivity index (χ2n) is 6.41. The first kappa shape index (κ1) is 15.2. The number of nitrogens with zero attached hydrogens (tertiary/aromatic N) is 4. The Balaban J connectivity index is 1.76.